The average Bonchev–Trinajstić information content (AvgIpc) is 2.60. The number of nitrogens with zero attached hydrogens (tertiary/aromatic N) is 1. The van der Waals surface area contributed by atoms with E-state index in [9.17, 15) is 0 Å². The molecule has 2 N–H and O–H groups in total. The van der Waals surface area contributed by atoms with Gasteiger partial charge in [0.25, 0.3) is 0 Å². The quantitative estimate of drug-likeness (QED) is 0.607. The molecule has 24 heavy (non-hydrogen) atoms. The maximum atomic E-state index is 6.01. The number of pyridine rings is 1. The average molecular weight is 338 g/mol. The van der Waals surface area contributed by atoms with Crippen molar-refractivity contribution in [2.75, 3.05) is 11.9 Å². The minimum atomic E-state index is 0.794. The van der Waals surface area contributed by atoms with Crippen LogP contribution in [0.1, 0.15) is 11.1 Å². The maximum absolute atomic E-state index is 6.01. The Hall–Kier alpha value is -2.36. The Balaban J connectivity index is 1.49. The molecule has 0 saturated heterocycles. The van der Waals surface area contributed by atoms with Crippen molar-refractivity contribution in [3.05, 3.63) is 89.2 Å². The summed E-state index contributed by atoms with van der Waals surface area (Å²) in [4.78, 5) is 4.03. The predicted molar refractivity (Wildman–Crippen MR) is 101 cm³/mol. The third kappa shape index (κ3) is 5.08. The van der Waals surface area contributed by atoms with Crippen LogP contribution in [0.3, 0.4) is 0 Å². The lowest BCUT2D eigenvalue weighted by molar-refractivity contribution is 0.687. The van der Waals surface area contributed by atoms with Crippen LogP contribution < -0.4 is 10.6 Å². The monoisotopic (exact) mass is 337 g/mol. The van der Waals surface area contributed by atoms with Gasteiger partial charge in [-0.25, -0.2) is 0 Å². The molecule has 1 heterocycles. The first-order valence-corrected chi connectivity index (χ1v) is 8.38. The van der Waals surface area contributed by atoms with Crippen LogP contribution in [-0.2, 0) is 13.0 Å². The normalized spacial score (nSPS) is 10.5. The third-order valence-corrected chi connectivity index (χ3v) is 3.94. The molecule has 0 radical (unpaired) electrons. The third-order valence-electron chi connectivity index (χ3n) is 3.70. The number of rotatable bonds is 7. The fraction of sp³-hybridized carbons (Fsp3) is 0.150. The second-order valence-electron chi connectivity index (χ2n) is 5.62. The van der Waals surface area contributed by atoms with Gasteiger partial charge in [0.05, 0.1) is 0 Å². The smallest absolute Gasteiger partial charge is 0.0415 e. The van der Waals surface area contributed by atoms with E-state index in [1.165, 1.54) is 11.1 Å². The highest BCUT2D eigenvalue weighted by Crippen LogP contribution is 2.17. The summed E-state index contributed by atoms with van der Waals surface area (Å²) < 4.78 is 0. The molecule has 3 rings (SSSR count). The zero-order valence-corrected chi connectivity index (χ0v) is 14.1. The van der Waals surface area contributed by atoms with Gasteiger partial charge in [-0.2, -0.15) is 0 Å². The topological polar surface area (TPSA) is 37.0 Å². The van der Waals surface area contributed by atoms with Crippen LogP contribution in [0.15, 0.2) is 73.1 Å². The van der Waals surface area contributed by atoms with Crippen LogP contribution in [0.5, 0.6) is 0 Å². The van der Waals surface area contributed by atoms with Gasteiger partial charge >= 0.3 is 0 Å². The Kier molecular flexibility index (Phi) is 5.83. The minimum absolute atomic E-state index is 0.794. The lowest BCUT2D eigenvalue weighted by atomic mass is 10.1. The zero-order chi connectivity index (χ0) is 16.6. The molecule has 2 aromatic carbocycles. The van der Waals surface area contributed by atoms with Crippen LogP contribution in [0.25, 0.3) is 0 Å². The Morgan fingerprint density at radius 1 is 0.833 bits per heavy atom. The largest absolute Gasteiger partial charge is 0.355 e. The molecule has 0 aliphatic heterocycles. The van der Waals surface area contributed by atoms with E-state index in [1.54, 1.807) is 12.4 Å². The summed E-state index contributed by atoms with van der Waals surface area (Å²) in [6.45, 7) is 1.76. The van der Waals surface area contributed by atoms with Gasteiger partial charge in [-0.1, -0.05) is 35.9 Å². The summed E-state index contributed by atoms with van der Waals surface area (Å²) in [6, 6.07) is 20.3. The molecule has 4 heteroatoms. The van der Waals surface area contributed by atoms with E-state index in [0.29, 0.717) is 0 Å². The van der Waals surface area contributed by atoms with Gasteiger partial charge in [0.2, 0.25) is 0 Å². The summed E-state index contributed by atoms with van der Waals surface area (Å²) >= 11 is 6.01. The first kappa shape index (κ1) is 16.5. The zero-order valence-electron chi connectivity index (χ0n) is 13.4. The highest BCUT2D eigenvalue weighted by Gasteiger charge is 1.98. The van der Waals surface area contributed by atoms with Gasteiger partial charge in [-0.05, 0) is 60.5 Å². The van der Waals surface area contributed by atoms with Crippen molar-refractivity contribution < 1.29 is 0 Å². The van der Waals surface area contributed by atoms with Crippen molar-refractivity contribution in [1.29, 1.82) is 0 Å². The van der Waals surface area contributed by atoms with Gasteiger partial charge in [0, 0.05) is 35.3 Å². The maximum Gasteiger partial charge on any atom is 0.0415 e. The van der Waals surface area contributed by atoms with E-state index in [1.807, 2.05) is 30.3 Å². The van der Waals surface area contributed by atoms with Crippen LogP contribution >= 0.6 is 11.6 Å². The molecule has 0 spiro atoms. The van der Waals surface area contributed by atoms with E-state index >= 15 is 0 Å². The number of benzene rings is 2. The van der Waals surface area contributed by atoms with E-state index in [2.05, 4.69) is 45.9 Å². The predicted octanol–water partition coefficient (Wildman–Crippen LogP) is 4.81. The Bertz CT molecular complexity index is 775. The number of halogens is 1. The molecule has 0 unspecified atom stereocenters. The van der Waals surface area contributed by atoms with Gasteiger partial charge in [-0.15, -0.1) is 0 Å². The van der Waals surface area contributed by atoms with E-state index in [4.69, 9.17) is 11.6 Å². The van der Waals surface area contributed by atoms with Crippen molar-refractivity contribution in [2.24, 2.45) is 0 Å². The molecular weight excluding hydrogens is 318 g/mol. The summed E-state index contributed by atoms with van der Waals surface area (Å²) in [5.74, 6) is 0. The summed E-state index contributed by atoms with van der Waals surface area (Å²) in [7, 11) is 0. The fourth-order valence-electron chi connectivity index (χ4n) is 2.52. The summed E-state index contributed by atoms with van der Waals surface area (Å²) in [5, 5.41) is 7.66. The van der Waals surface area contributed by atoms with Gasteiger partial charge in [-0.3, -0.25) is 4.98 Å². The van der Waals surface area contributed by atoms with Crippen molar-refractivity contribution in [3.8, 4) is 0 Å². The SMILES string of the molecule is Clc1cccc(CCNCc2cccc(Nc3ccncc3)c2)c1. The summed E-state index contributed by atoms with van der Waals surface area (Å²) in [5.41, 5.74) is 4.62. The fourth-order valence-corrected chi connectivity index (χ4v) is 2.73. The van der Waals surface area contributed by atoms with Gasteiger partial charge < -0.3 is 10.6 Å². The number of nitrogens with one attached hydrogen (secondary N) is 2. The van der Waals surface area contributed by atoms with Crippen LogP contribution in [0, 0.1) is 0 Å². The Labute approximate surface area is 147 Å². The molecule has 0 saturated carbocycles. The Morgan fingerprint density at radius 3 is 2.46 bits per heavy atom. The van der Waals surface area contributed by atoms with Crippen molar-refractivity contribution >= 4 is 23.0 Å². The Morgan fingerprint density at radius 2 is 1.62 bits per heavy atom. The minimum Gasteiger partial charge on any atom is -0.355 e. The lowest BCUT2D eigenvalue weighted by Crippen LogP contribution is -2.16. The standard InChI is InChI=1S/C20H20ClN3/c21-18-5-1-3-16(13-18)7-10-23-15-17-4-2-6-20(14-17)24-19-8-11-22-12-9-19/h1-6,8-9,11-14,23H,7,10,15H2,(H,22,24). The van der Waals surface area contributed by atoms with E-state index < -0.39 is 0 Å². The van der Waals surface area contributed by atoms with Crippen molar-refractivity contribution in [2.45, 2.75) is 13.0 Å². The molecule has 1 aromatic heterocycles. The lowest BCUT2D eigenvalue weighted by Gasteiger charge is -2.09. The molecule has 3 nitrogen and oxygen atoms in total. The van der Waals surface area contributed by atoms with Crippen molar-refractivity contribution in [1.82, 2.24) is 10.3 Å². The van der Waals surface area contributed by atoms with Crippen LogP contribution in [0.4, 0.5) is 11.4 Å². The van der Waals surface area contributed by atoms with Gasteiger partial charge in [0.15, 0.2) is 0 Å². The van der Waals surface area contributed by atoms with E-state index in [-0.39, 0.29) is 0 Å². The van der Waals surface area contributed by atoms with E-state index in [0.717, 1.165) is 35.9 Å². The molecular formula is C20H20ClN3. The van der Waals surface area contributed by atoms with Gasteiger partial charge in [0.1, 0.15) is 0 Å². The molecule has 0 aliphatic rings. The first-order chi connectivity index (χ1) is 11.8. The first-order valence-electron chi connectivity index (χ1n) is 8.01. The number of anilines is 2. The van der Waals surface area contributed by atoms with Crippen molar-refractivity contribution in [3.63, 3.8) is 0 Å². The van der Waals surface area contributed by atoms with Crippen LogP contribution in [0.2, 0.25) is 5.02 Å². The van der Waals surface area contributed by atoms with Crippen LogP contribution in [-0.4, -0.2) is 11.5 Å². The highest BCUT2D eigenvalue weighted by molar-refractivity contribution is 6.30. The highest BCUT2D eigenvalue weighted by atomic mass is 35.5. The number of hydrogen-bond acceptors (Lipinski definition) is 3. The summed E-state index contributed by atoms with van der Waals surface area (Å²) in [6.07, 6.45) is 4.53. The molecule has 0 fully saturated rings. The molecule has 0 bridgehead atoms. The second kappa shape index (κ2) is 8.48. The molecule has 3 aromatic rings. The number of aromatic nitrogens is 1. The molecule has 122 valence electrons. The molecule has 0 atom stereocenters. The number of hydrogen-bond donors (Lipinski definition) is 2. The molecule has 0 amide bonds. The molecule has 0 aliphatic carbocycles. The second-order valence-corrected chi connectivity index (χ2v) is 6.05.